The van der Waals surface area contributed by atoms with E-state index in [2.05, 4.69) is 56.1 Å². The topological polar surface area (TPSA) is 132 Å². The molecule has 3 aliphatic heterocycles. The van der Waals surface area contributed by atoms with Gasteiger partial charge in [0.05, 0.1) is 6.61 Å². The highest BCUT2D eigenvalue weighted by molar-refractivity contribution is 6.36. The van der Waals surface area contributed by atoms with Gasteiger partial charge in [-0.25, -0.2) is 8.97 Å². The largest absolute Gasteiger partial charge is 0.493 e. The third-order valence-electron chi connectivity index (χ3n) is 13.6. The predicted octanol–water partition coefficient (Wildman–Crippen LogP) is 10.7. The van der Waals surface area contributed by atoms with Crippen LogP contribution in [0, 0.1) is 19.7 Å². The summed E-state index contributed by atoms with van der Waals surface area (Å²) in [6.45, 7) is 25.6. The van der Waals surface area contributed by atoms with Gasteiger partial charge in [0, 0.05) is 81.1 Å². The molecule has 2 saturated heterocycles. The molecule has 1 atom stereocenters. The number of carbonyl (C=O) groups is 4. The molecule has 4 aromatic rings. The van der Waals surface area contributed by atoms with Crippen LogP contribution in [0.4, 0.5) is 4.39 Å². The molecule has 0 saturated carbocycles. The molecule has 0 aromatic heterocycles. The maximum Gasteiger partial charge on any atom is 0.260 e. The average molecular weight is 1020 g/mol. The minimum absolute atomic E-state index is 0.0145. The Morgan fingerprint density at radius 1 is 0.973 bits per heavy atom. The maximum absolute atomic E-state index is 13.6. The van der Waals surface area contributed by atoms with Gasteiger partial charge in [0.1, 0.15) is 42.3 Å². The van der Waals surface area contributed by atoms with Crippen molar-refractivity contribution < 1.29 is 42.7 Å². The van der Waals surface area contributed by atoms with E-state index in [0.717, 1.165) is 126 Å². The first-order valence-electron chi connectivity index (χ1n) is 25.7. The Morgan fingerprint density at radius 3 is 2.32 bits per heavy atom. The first-order valence-corrected chi connectivity index (χ1v) is 26.1. The summed E-state index contributed by atoms with van der Waals surface area (Å²) < 4.78 is 27.9. The Hall–Kier alpha value is -6.15. The third-order valence-corrected chi connectivity index (χ3v) is 13.9. The number of ether oxygens (including phenoxy) is 2. The zero-order valence-corrected chi connectivity index (χ0v) is 45.6. The van der Waals surface area contributed by atoms with Crippen molar-refractivity contribution in [1.29, 1.82) is 0 Å². The molecule has 3 amide bonds. The molecular formula is C59H78ClFN5O7+. The summed E-state index contributed by atoms with van der Waals surface area (Å²) in [5, 5.41) is 11.8. The number of allylic oxidation sites excluding steroid dienone is 4. The number of aliphatic hydroxyl groups excluding tert-OH is 1. The zero-order chi connectivity index (χ0) is 53.8. The van der Waals surface area contributed by atoms with Crippen LogP contribution in [0.15, 0.2) is 90.8 Å². The van der Waals surface area contributed by atoms with Crippen molar-refractivity contribution in [3.8, 4) is 11.5 Å². The van der Waals surface area contributed by atoms with Crippen LogP contribution in [0.5, 0.6) is 11.5 Å². The average Bonchev–Trinajstić information content (AvgIpc) is 3.40. The minimum Gasteiger partial charge on any atom is -0.493 e. The number of hydrogen-bond acceptors (Lipinski definition) is 9. The Morgan fingerprint density at radius 2 is 1.67 bits per heavy atom. The van der Waals surface area contributed by atoms with Crippen LogP contribution in [-0.2, 0) is 25.7 Å². The molecule has 394 valence electrons. The number of aliphatic hydroxyl groups is 1. The fourth-order valence-electron chi connectivity index (χ4n) is 9.63. The summed E-state index contributed by atoms with van der Waals surface area (Å²) in [4.78, 5) is 54.6. The van der Waals surface area contributed by atoms with E-state index in [4.69, 9.17) is 26.2 Å². The molecule has 3 aliphatic rings. The normalized spacial score (nSPS) is 15.8. The SMILES string of the molecule is C=CN(Cc1c(C)cccc1OCC(=O)N1CCN(CCC)CC1)C1CCC(=O)NC1=O.CC.CCC1=C(c2c(Cl)ccc(/C(CCCOc3cccc4cc(F)ccc34)=C(/C=O)CC)c2C)C(C)=[N+]1C.CO. The van der Waals surface area contributed by atoms with Crippen LogP contribution >= 0.6 is 11.6 Å². The van der Waals surface area contributed by atoms with Crippen molar-refractivity contribution >= 4 is 63.2 Å². The third kappa shape index (κ3) is 15.0. The fraction of sp³-hybridized carbons (Fsp3) is 0.441. The van der Waals surface area contributed by atoms with E-state index < -0.39 is 6.04 Å². The van der Waals surface area contributed by atoms with Gasteiger partial charge >= 0.3 is 0 Å². The Kier molecular flexibility index (Phi) is 24.0. The second-order valence-corrected chi connectivity index (χ2v) is 18.3. The van der Waals surface area contributed by atoms with Gasteiger partial charge in [0.15, 0.2) is 18.0 Å². The molecule has 0 spiro atoms. The van der Waals surface area contributed by atoms with Gasteiger partial charge in [0.25, 0.3) is 5.91 Å². The lowest BCUT2D eigenvalue weighted by molar-refractivity contribution is -0.454. The molecule has 12 nitrogen and oxygen atoms in total. The molecule has 0 radical (unpaired) electrons. The van der Waals surface area contributed by atoms with Crippen LogP contribution in [0.3, 0.4) is 0 Å². The summed E-state index contributed by atoms with van der Waals surface area (Å²) in [6, 6.07) is 19.6. The van der Waals surface area contributed by atoms with E-state index in [0.29, 0.717) is 44.6 Å². The highest BCUT2D eigenvalue weighted by Crippen LogP contribution is 2.40. The summed E-state index contributed by atoms with van der Waals surface area (Å²) in [7, 11) is 3.09. The standard InChI is InChI=1S/C32H34ClFNO2.C24H34N4O4.C2H6.CH4O/c1-6-22(19-36)26(11-9-17-37-30-12-8-10-23-18-24(34)13-14-27(23)30)25-15-16-28(33)31(20(25)3)32-21(4)35(5)29(32)7-2;1-4-11-26-12-14-28(15-13-26)23(30)17-32-21-8-6-7-18(3)19(21)16-27(5-2)20-9-10-22(29)25-24(20)31;2*1-2/h8,10,12-16,18-19H,6-7,9,11,17H2,1-5H3;5-8,20H,2,4,9-17H2,1,3H3,(H,25,29,31);1-2H3;2H,1H3/q+1;;;/b26-22+;;;. The van der Waals surface area contributed by atoms with Gasteiger partial charge in [0.2, 0.25) is 11.8 Å². The molecule has 1 unspecified atom stereocenters. The summed E-state index contributed by atoms with van der Waals surface area (Å²) in [6.07, 6.45) is 7.49. The fourth-order valence-corrected chi connectivity index (χ4v) is 9.93. The number of nitrogens with zero attached hydrogens (tertiary/aromatic N) is 4. The number of amides is 3. The van der Waals surface area contributed by atoms with Crippen LogP contribution in [0.25, 0.3) is 21.9 Å². The van der Waals surface area contributed by atoms with Gasteiger partial charge in [-0.15, -0.1) is 0 Å². The highest BCUT2D eigenvalue weighted by Gasteiger charge is 2.36. The smallest absolute Gasteiger partial charge is 0.260 e. The summed E-state index contributed by atoms with van der Waals surface area (Å²) >= 11 is 6.75. The zero-order valence-electron chi connectivity index (χ0n) is 44.8. The molecule has 3 heterocycles. The second-order valence-electron chi connectivity index (χ2n) is 17.8. The van der Waals surface area contributed by atoms with E-state index in [9.17, 15) is 23.6 Å². The van der Waals surface area contributed by atoms with E-state index in [1.165, 1.54) is 29.1 Å². The number of halogens is 2. The van der Waals surface area contributed by atoms with E-state index in [-0.39, 0.29) is 30.1 Å². The molecule has 0 bridgehead atoms. The lowest BCUT2D eigenvalue weighted by atomic mass is 9.84. The predicted molar refractivity (Wildman–Crippen MR) is 294 cm³/mol. The monoisotopic (exact) mass is 1020 g/mol. The van der Waals surface area contributed by atoms with E-state index >= 15 is 0 Å². The molecule has 7 rings (SSSR count). The van der Waals surface area contributed by atoms with Crippen molar-refractivity contribution in [3.05, 3.63) is 129 Å². The first-order chi connectivity index (χ1) is 35.2. The number of piperidine rings is 1. The van der Waals surface area contributed by atoms with Crippen LogP contribution in [-0.4, -0.2) is 120 Å². The van der Waals surface area contributed by atoms with Crippen molar-refractivity contribution in [1.82, 2.24) is 20.0 Å². The number of piperazine rings is 1. The minimum atomic E-state index is -0.460. The van der Waals surface area contributed by atoms with Crippen molar-refractivity contribution in [2.75, 3.05) is 60.1 Å². The van der Waals surface area contributed by atoms with Crippen LogP contribution in [0.2, 0.25) is 5.02 Å². The molecule has 0 aliphatic carbocycles. The lowest BCUT2D eigenvalue weighted by Gasteiger charge is -2.34. The molecule has 2 N–H and O–H groups in total. The van der Waals surface area contributed by atoms with E-state index in [1.807, 2.05) is 86.0 Å². The Labute approximate surface area is 438 Å². The number of benzene rings is 4. The number of carbonyl (C=O) groups excluding carboxylic acids is 4. The number of nitrogens with one attached hydrogen (secondary N) is 1. The van der Waals surface area contributed by atoms with E-state index in [1.54, 1.807) is 12.3 Å². The maximum atomic E-state index is 13.6. The Balaban J connectivity index is 0.000000299. The quantitative estimate of drug-likeness (QED) is 0.0310. The number of fused-ring (bicyclic) bond motifs is 1. The van der Waals surface area contributed by atoms with Gasteiger partial charge in [-0.05, 0) is 128 Å². The second kappa shape index (κ2) is 29.5. The summed E-state index contributed by atoms with van der Waals surface area (Å²) in [5.74, 6) is 0.528. The molecule has 4 aromatic carbocycles. The van der Waals surface area contributed by atoms with Gasteiger partial charge in [-0.3, -0.25) is 29.4 Å². The van der Waals surface area contributed by atoms with Gasteiger partial charge in [-0.1, -0.05) is 83.1 Å². The number of imide groups is 1. The molecular weight excluding hydrogens is 945 g/mol. The van der Waals surface area contributed by atoms with Crippen LogP contribution in [0.1, 0.15) is 114 Å². The number of aldehydes is 1. The number of aryl methyl sites for hydroxylation is 1. The number of hydrogen-bond donors (Lipinski definition) is 2. The van der Waals surface area contributed by atoms with Crippen molar-refractivity contribution in [2.45, 2.75) is 113 Å². The summed E-state index contributed by atoms with van der Waals surface area (Å²) in [5.41, 5.74) is 10.7. The lowest BCUT2D eigenvalue weighted by Crippen LogP contribution is -2.50. The van der Waals surface area contributed by atoms with Gasteiger partial charge < -0.3 is 24.4 Å². The van der Waals surface area contributed by atoms with Crippen molar-refractivity contribution in [3.63, 3.8) is 0 Å². The number of rotatable bonds is 19. The first kappa shape index (κ1) is 59.4. The van der Waals surface area contributed by atoms with Crippen LogP contribution < -0.4 is 14.8 Å². The molecule has 73 heavy (non-hydrogen) atoms. The van der Waals surface area contributed by atoms with Crippen molar-refractivity contribution in [2.24, 2.45) is 0 Å². The molecule has 2 fully saturated rings. The molecule has 14 heteroatoms. The Bertz CT molecular complexity index is 2670. The highest BCUT2D eigenvalue weighted by atomic mass is 35.5. The van der Waals surface area contributed by atoms with Gasteiger partial charge in [-0.2, -0.15) is 0 Å².